The predicted molar refractivity (Wildman–Crippen MR) is 215 cm³/mol. The quantitative estimate of drug-likeness (QED) is 0.0731. The molecule has 0 spiro atoms. The van der Waals surface area contributed by atoms with E-state index in [0.717, 1.165) is 65.9 Å². The number of aromatic nitrogens is 6. The number of aryl methyl sites for hydroxylation is 1. The number of tetrazole rings is 1. The molecule has 0 bridgehead atoms. The van der Waals surface area contributed by atoms with E-state index in [1.807, 2.05) is 24.3 Å². The van der Waals surface area contributed by atoms with Crippen molar-refractivity contribution < 1.29 is 29.0 Å². The van der Waals surface area contributed by atoms with Crippen molar-refractivity contribution in [3.63, 3.8) is 0 Å². The van der Waals surface area contributed by atoms with E-state index in [4.69, 9.17) is 26.1 Å². The highest BCUT2D eigenvalue weighted by atomic mass is 35.5. The number of aliphatic carboxylic acids is 1. The number of hydrogen-bond donors (Lipinski definition) is 4. The zero-order chi connectivity index (χ0) is 40.2. The fourth-order valence-electron chi connectivity index (χ4n) is 8.35. The number of carboxylic acid groups (broad SMARTS) is 1. The van der Waals surface area contributed by atoms with Gasteiger partial charge in [0.05, 0.1) is 43.4 Å². The number of carbonyl (C=O) groups is 3. The predicted octanol–water partition coefficient (Wildman–Crippen LogP) is 6.38. The molecule has 0 radical (unpaired) electrons. The van der Waals surface area contributed by atoms with E-state index >= 15 is 0 Å². The van der Waals surface area contributed by atoms with Crippen molar-refractivity contribution in [2.24, 2.45) is 17.3 Å². The van der Waals surface area contributed by atoms with Gasteiger partial charge in [0, 0.05) is 37.6 Å². The molecule has 2 heterocycles. The number of nitrogens with zero attached hydrogens (tertiary/aromatic N) is 5. The lowest BCUT2D eigenvalue weighted by Crippen LogP contribution is -2.48. The van der Waals surface area contributed by atoms with E-state index in [-0.39, 0.29) is 43.3 Å². The fourth-order valence-corrected chi connectivity index (χ4v) is 8.62. The molecule has 0 aliphatic heterocycles. The first-order valence-corrected chi connectivity index (χ1v) is 20.6. The topological polar surface area (TPSA) is 186 Å². The smallest absolute Gasteiger partial charge is 0.308 e. The molecule has 15 heteroatoms. The number of amides is 2. The molecule has 57 heavy (non-hydrogen) atoms. The Balaban J connectivity index is 1.05. The van der Waals surface area contributed by atoms with Crippen LogP contribution in [0.5, 0.6) is 0 Å². The first-order chi connectivity index (χ1) is 27.7. The molecule has 6 rings (SSSR count). The highest BCUT2D eigenvalue weighted by Gasteiger charge is 2.45. The van der Waals surface area contributed by atoms with Gasteiger partial charge in [-0.25, -0.2) is 4.98 Å². The standard InChI is InChI=1S/C42H55ClN8O6/c1-3-4-11-36-46-37(43)35(51(36)26-28-12-14-29(15-13-28)33-9-5-6-10-34(33)38-47-49-50-48-38)25-44-39(52)30-16-18-32(19-17-30)45-41(55)42(20-7-8-21-42)24-31(40(53)54)27-57-23-22-56-2/h5-6,9-10,12-15,30-32H,3-4,7-8,11,16-27H2,1-2H3,(H,44,52)(H,45,55)(H,53,54)(H,47,48,49,50). The molecule has 306 valence electrons. The Morgan fingerprint density at radius 1 is 1.04 bits per heavy atom. The number of aromatic amines is 1. The van der Waals surface area contributed by atoms with Gasteiger partial charge in [-0.2, -0.15) is 5.21 Å². The molecule has 2 saturated carbocycles. The highest BCUT2D eigenvalue weighted by Crippen LogP contribution is 2.44. The van der Waals surface area contributed by atoms with E-state index in [2.05, 4.69) is 67.0 Å². The second-order valence-corrected chi connectivity index (χ2v) is 15.8. The zero-order valence-electron chi connectivity index (χ0n) is 33.0. The summed E-state index contributed by atoms with van der Waals surface area (Å²) in [4.78, 5) is 44.2. The van der Waals surface area contributed by atoms with Gasteiger partial charge >= 0.3 is 5.97 Å². The van der Waals surface area contributed by atoms with Crippen molar-refractivity contribution in [2.75, 3.05) is 26.9 Å². The normalized spacial score (nSPS) is 18.3. The van der Waals surface area contributed by atoms with Crippen molar-refractivity contribution in [2.45, 2.75) is 103 Å². The van der Waals surface area contributed by atoms with E-state index in [0.29, 0.717) is 69.3 Å². The van der Waals surface area contributed by atoms with E-state index in [1.165, 1.54) is 0 Å². The summed E-state index contributed by atoms with van der Waals surface area (Å²) in [6.07, 6.45) is 8.78. The summed E-state index contributed by atoms with van der Waals surface area (Å²) in [5.74, 6) is -0.579. The van der Waals surface area contributed by atoms with Crippen LogP contribution in [0.2, 0.25) is 5.15 Å². The summed E-state index contributed by atoms with van der Waals surface area (Å²) in [6.45, 7) is 3.69. The highest BCUT2D eigenvalue weighted by molar-refractivity contribution is 6.30. The molecule has 4 N–H and O–H groups in total. The number of hydrogen-bond acceptors (Lipinski definition) is 9. The molecule has 2 aromatic carbocycles. The lowest BCUT2D eigenvalue weighted by molar-refractivity contribution is -0.147. The zero-order valence-corrected chi connectivity index (χ0v) is 33.7. The van der Waals surface area contributed by atoms with Crippen LogP contribution in [-0.2, 0) is 43.4 Å². The van der Waals surface area contributed by atoms with Crippen molar-refractivity contribution in [3.8, 4) is 22.5 Å². The van der Waals surface area contributed by atoms with Crippen LogP contribution in [0, 0.1) is 17.3 Å². The number of ether oxygens (including phenoxy) is 2. The van der Waals surface area contributed by atoms with Gasteiger partial charge < -0.3 is 29.8 Å². The summed E-state index contributed by atoms with van der Waals surface area (Å²) < 4.78 is 12.7. The minimum atomic E-state index is -0.950. The summed E-state index contributed by atoms with van der Waals surface area (Å²) in [7, 11) is 1.57. The molecule has 2 fully saturated rings. The van der Waals surface area contributed by atoms with Gasteiger partial charge in [0.1, 0.15) is 5.82 Å². The van der Waals surface area contributed by atoms with Crippen molar-refractivity contribution in [3.05, 3.63) is 70.8 Å². The van der Waals surface area contributed by atoms with Crippen LogP contribution < -0.4 is 10.6 Å². The number of imidazole rings is 1. The number of halogens is 1. The SMILES string of the molecule is CCCCc1nc(Cl)c(CNC(=O)C2CCC(NC(=O)C3(CC(COCCOC)C(=O)O)CCCC3)CC2)n1Cc1ccc(-c2ccccc2-c2nn[nH]n2)cc1. The fraction of sp³-hybridized carbons (Fsp3) is 0.548. The second kappa shape index (κ2) is 20.2. The van der Waals surface area contributed by atoms with Crippen LogP contribution in [-0.4, -0.2) is 86.0 Å². The maximum Gasteiger partial charge on any atom is 0.308 e. The third-order valence-electron chi connectivity index (χ3n) is 11.6. The largest absolute Gasteiger partial charge is 0.481 e. The number of carbonyl (C=O) groups excluding carboxylic acids is 2. The Bertz CT molecular complexity index is 1920. The summed E-state index contributed by atoms with van der Waals surface area (Å²) >= 11 is 6.77. The number of methoxy groups -OCH3 is 1. The Morgan fingerprint density at radius 2 is 1.77 bits per heavy atom. The maximum atomic E-state index is 13.8. The van der Waals surface area contributed by atoms with Gasteiger partial charge in [-0.1, -0.05) is 86.3 Å². The van der Waals surface area contributed by atoms with Gasteiger partial charge in [0.2, 0.25) is 17.6 Å². The molecule has 2 aromatic heterocycles. The molecule has 4 aromatic rings. The monoisotopic (exact) mass is 802 g/mol. The number of unbranched alkanes of at least 4 members (excludes halogenated alkanes) is 1. The summed E-state index contributed by atoms with van der Waals surface area (Å²) in [5, 5.41) is 31.3. The Hall–Kier alpha value is -4.66. The van der Waals surface area contributed by atoms with Gasteiger partial charge in [-0.3, -0.25) is 14.4 Å². The average molecular weight is 803 g/mol. The molecule has 14 nitrogen and oxygen atoms in total. The lowest BCUT2D eigenvalue weighted by atomic mass is 9.76. The molecule has 0 saturated heterocycles. The van der Waals surface area contributed by atoms with Crippen molar-refractivity contribution in [1.82, 2.24) is 40.8 Å². The van der Waals surface area contributed by atoms with Gasteiger partial charge in [-0.05, 0) is 73.3 Å². The molecule has 1 unspecified atom stereocenters. The van der Waals surface area contributed by atoms with Crippen LogP contribution >= 0.6 is 11.6 Å². The number of rotatable bonds is 20. The van der Waals surface area contributed by atoms with Gasteiger partial charge in [-0.15, -0.1) is 10.2 Å². The van der Waals surface area contributed by atoms with Crippen molar-refractivity contribution >= 4 is 29.4 Å². The molecular formula is C42H55ClN8O6. The summed E-state index contributed by atoms with van der Waals surface area (Å²) in [5.41, 5.74) is 4.04. The number of H-pyrrole nitrogens is 1. The van der Waals surface area contributed by atoms with Gasteiger partial charge in [0.15, 0.2) is 5.15 Å². The van der Waals surface area contributed by atoms with Gasteiger partial charge in [0.25, 0.3) is 0 Å². The Morgan fingerprint density at radius 3 is 2.44 bits per heavy atom. The van der Waals surface area contributed by atoms with Crippen LogP contribution in [0.15, 0.2) is 48.5 Å². The molecule has 2 aliphatic rings. The third kappa shape index (κ3) is 10.6. The maximum absolute atomic E-state index is 13.8. The van der Waals surface area contributed by atoms with Crippen molar-refractivity contribution in [1.29, 1.82) is 0 Å². The Kier molecular flexibility index (Phi) is 14.8. The van der Waals surface area contributed by atoms with Crippen LogP contribution in [0.4, 0.5) is 0 Å². The first-order valence-electron chi connectivity index (χ1n) is 20.3. The van der Waals surface area contributed by atoms with E-state index < -0.39 is 17.3 Å². The molecule has 2 amide bonds. The van der Waals surface area contributed by atoms with Crippen LogP contribution in [0.25, 0.3) is 22.5 Å². The average Bonchev–Trinajstić information content (AvgIpc) is 4.00. The number of benzene rings is 2. The number of carboxylic acids is 1. The van der Waals surface area contributed by atoms with Crippen LogP contribution in [0.3, 0.4) is 0 Å². The minimum Gasteiger partial charge on any atom is -0.481 e. The lowest BCUT2D eigenvalue weighted by Gasteiger charge is -2.34. The molecule has 2 aliphatic carbocycles. The first kappa shape index (κ1) is 42.0. The molecular weight excluding hydrogens is 748 g/mol. The van der Waals surface area contributed by atoms with Crippen LogP contribution in [0.1, 0.15) is 94.6 Å². The Labute approximate surface area is 338 Å². The third-order valence-corrected chi connectivity index (χ3v) is 11.9. The summed E-state index contributed by atoms with van der Waals surface area (Å²) in [6, 6.07) is 16.2. The van der Waals surface area contributed by atoms with E-state index in [9.17, 15) is 19.5 Å². The number of nitrogens with one attached hydrogen (secondary N) is 3. The second-order valence-electron chi connectivity index (χ2n) is 15.5. The van der Waals surface area contributed by atoms with E-state index in [1.54, 1.807) is 7.11 Å². The minimum absolute atomic E-state index is 0.0339. The molecule has 1 atom stereocenters.